The van der Waals surface area contributed by atoms with E-state index in [0.29, 0.717) is 0 Å². The van der Waals surface area contributed by atoms with E-state index in [9.17, 15) is 4.79 Å². The van der Waals surface area contributed by atoms with Crippen LogP contribution in [0.1, 0.15) is 11.3 Å². The van der Waals surface area contributed by atoms with E-state index in [1.807, 2.05) is 36.5 Å². The first kappa shape index (κ1) is 11.6. The first-order chi connectivity index (χ1) is 9.26. The normalized spacial score (nSPS) is 10.8. The minimum absolute atomic E-state index is 0.0188. The second-order valence-corrected chi connectivity index (χ2v) is 4.42. The fraction of sp³-hybridized carbons (Fsp3) is 0.133. The Morgan fingerprint density at radius 1 is 1.16 bits per heavy atom. The van der Waals surface area contributed by atoms with Gasteiger partial charge in [-0.05, 0) is 23.8 Å². The highest BCUT2D eigenvalue weighted by Gasteiger charge is 2.03. The van der Waals surface area contributed by atoms with Crippen molar-refractivity contribution in [1.29, 1.82) is 0 Å². The molecule has 1 N–H and O–H groups in total. The third-order valence-corrected chi connectivity index (χ3v) is 3.12. The molecule has 3 rings (SSSR count). The summed E-state index contributed by atoms with van der Waals surface area (Å²) in [7, 11) is 1.65. The standard InChI is InChI=1S/C15H14N2O2/c1-19-13-7-5-11(6-8-13)9-12-10-17-14(16-12)3-2-4-15(17)18/h2-8,10,16H,9H2,1H3. The van der Waals surface area contributed by atoms with Crippen LogP contribution in [-0.2, 0) is 6.42 Å². The largest absolute Gasteiger partial charge is 0.497 e. The maximum atomic E-state index is 11.7. The summed E-state index contributed by atoms with van der Waals surface area (Å²) in [6.07, 6.45) is 2.60. The summed E-state index contributed by atoms with van der Waals surface area (Å²) in [6, 6.07) is 13.1. The number of methoxy groups -OCH3 is 1. The van der Waals surface area contributed by atoms with Gasteiger partial charge >= 0.3 is 0 Å². The highest BCUT2D eigenvalue weighted by atomic mass is 16.5. The van der Waals surface area contributed by atoms with Crippen molar-refractivity contribution in [3.05, 3.63) is 70.3 Å². The van der Waals surface area contributed by atoms with Gasteiger partial charge in [0.1, 0.15) is 11.4 Å². The Morgan fingerprint density at radius 3 is 2.63 bits per heavy atom. The molecule has 0 saturated carbocycles. The molecule has 1 aromatic carbocycles. The van der Waals surface area contributed by atoms with Gasteiger partial charge in [0.2, 0.25) is 0 Å². The van der Waals surface area contributed by atoms with Gasteiger partial charge in [0.15, 0.2) is 0 Å². The molecule has 0 bridgehead atoms. The van der Waals surface area contributed by atoms with E-state index in [-0.39, 0.29) is 5.56 Å². The molecule has 0 atom stereocenters. The molecular formula is C15H14N2O2. The lowest BCUT2D eigenvalue weighted by Crippen LogP contribution is -2.08. The predicted molar refractivity (Wildman–Crippen MR) is 73.8 cm³/mol. The number of imidazole rings is 1. The Morgan fingerprint density at radius 2 is 1.95 bits per heavy atom. The van der Waals surface area contributed by atoms with Gasteiger partial charge in [-0.3, -0.25) is 9.20 Å². The van der Waals surface area contributed by atoms with Gasteiger partial charge < -0.3 is 9.72 Å². The van der Waals surface area contributed by atoms with Gasteiger partial charge in [-0.15, -0.1) is 0 Å². The number of aromatic amines is 1. The van der Waals surface area contributed by atoms with Gasteiger partial charge in [0, 0.05) is 24.4 Å². The van der Waals surface area contributed by atoms with Crippen LogP contribution in [0.15, 0.2) is 53.5 Å². The minimum Gasteiger partial charge on any atom is -0.497 e. The number of ether oxygens (including phenoxy) is 1. The predicted octanol–water partition coefficient (Wildman–Crippen LogP) is 2.23. The second-order valence-electron chi connectivity index (χ2n) is 4.42. The Bertz CT molecular complexity index is 754. The van der Waals surface area contributed by atoms with Crippen LogP contribution < -0.4 is 10.3 Å². The van der Waals surface area contributed by atoms with E-state index in [0.717, 1.165) is 23.5 Å². The van der Waals surface area contributed by atoms with Gasteiger partial charge in [-0.2, -0.15) is 0 Å². The summed E-state index contributed by atoms with van der Waals surface area (Å²) in [5, 5.41) is 0. The Balaban J connectivity index is 1.92. The van der Waals surface area contributed by atoms with Gasteiger partial charge in [-0.25, -0.2) is 0 Å². The van der Waals surface area contributed by atoms with Crippen molar-refractivity contribution in [2.24, 2.45) is 0 Å². The summed E-state index contributed by atoms with van der Waals surface area (Å²) in [4.78, 5) is 14.9. The maximum Gasteiger partial charge on any atom is 0.256 e. The summed E-state index contributed by atoms with van der Waals surface area (Å²) < 4.78 is 6.75. The summed E-state index contributed by atoms with van der Waals surface area (Å²) in [6.45, 7) is 0. The van der Waals surface area contributed by atoms with Crippen molar-refractivity contribution in [1.82, 2.24) is 9.38 Å². The van der Waals surface area contributed by atoms with E-state index in [4.69, 9.17) is 4.74 Å². The molecule has 0 saturated heterocycles. The summed E-state index contributed by atoms with van der Waals surface area (Å²) in [5.74, 6) is 0.844. The zero-order valence-corrected chi connectivity index (χ0v) is 10.6. The number of fused-ring (bicyclic) bond motifs is 1. The Hall–Kier alpha value is -2.49. The lowest BCUT2D eigenvalue weighted by Gasteiger charge is -2.01. The van der Waals surface area contributed by atoms with Gasteiger partial charge in [-0.1, -0.05) is 18.2 Å². The number of benzene rings is 1. The fourth-order valence-corrected chi connectivity index (χ4v) is 2.14. The monoisotopic (exact) mass is 254 g/mol. The first-order valence-electron chi connectivity index (χ1n) is 6.08. The molecule has 4 nitrogen and oxygen atoms in total. The molecular weight excluding hydrogens is 240 g/mol. The smallest absolute Gasteiger partial charge is 0.256 e. The van der Waals surface area contributed by atoms with Crippen LogP contribution in [0.3, 0.4) is 0 Å². The number of nitrogens with one attached hydrogen (secondary N) is 1. The molecule has 2 heterocycles. The maximum absolute atomic E-state index is 11.7. The molecule has 0 unspecified atom stereocenters. The highest BCUT2D eigenvalue weighted by Crippen LogP contribution is 2.14. The third-order valence-electron chi connectivity index (χ3n) is 3.12. The molecule has 0 spiro atoms. The van der Waals surface area contributed by atoms with E-state index in [1.54, 1.807) is 23.6 Å². The van der Waals surface area contributed by atoms with Crippen molar-refractivity contribution in [2.75, 3.05) is 7.11 Å². The molecule has 0 fully saturated rings. The average molecular weight is 254 g/mol. The summed E-state index contributed by atoms with van der Waals surface area (Å²) >= 11 is 0. The topological polar surface area (TPSA) is 46.5 Å². The molecule has 0 aliphatic carbocycles. The molecule has 2 aromatic heterocycles. The van der Waals surface area contributed by atoms with E-state index < -0.39 is 0 Å². The van der Waals surface area contributed by atoms with Crippen molar-refractivity contribution < 1.29 is 4.74 Å². The van der Waals surface area contributed by atoms with Crippen LogP contribution in [0.25, 0.3) is 5.65 Å². The van der Waals surface area contributed by atoms with Crippen LogP contribution >= 0.6 is 0 Å². The van der Waals surface area contributed by atoms with Crippen LogP contribution in [0.2, 0.25) is 0 Å². The molecule has 96 valence electrons. The lowest BCUT2D eigenvalue weighted by molar-refractivity contribution is 0.414. The molecule has 0 aliphatic rings. The van der Waals surface area contributed by atoms with Gasteiger partial charge in [0.25, 0.3) is 5.56 Å². The highest BCUT2D eigenvalue weighted by molar-refractivity contribution is 5.40. The second kappa shape index (κ2) is 4.65. The zero-order valence-electron chi connectivity index (χ0n) is 10.6. The zero-order chi connectivity index (χ0) is 13.2. The fourth-order valence-electron chi connectivity index (χ4n) is 2.14. The number of hydrogen-bond donors (Lipinski definition) is 1. The Kier molecular flexibility index (Phi) is 2.83. The number of pyridine rings is 1. The molecule has 0 aliphatic heterocycles. The van der Waals surface area contributed by atoms with Crippen molar-refractivity contribution in [3.63, 3.8) is 0 Å². The number of nitrogens with zero attached hydrogens (tertiary/aromatic N) is 1. The van der Waals surface area contributed by atoms with Crippen molar-refractivity contribution in [2.45, 2.75) is 6.42 Å². The lowest BCUT2D eigenvalue weighted by atomic mass is 10.1. The third kappa shape index (κ3) is 2.25. The van der Waals surface area contributed by atoms with Crippen molar-refractivity contribution in [3.8, 4) is 5.75 Å². The molecule has 19 heavy (non-hydrogen) atoms. The first-order valence-corrected chi connectivity index (χ1v) is 6.08. The van der Waals surface area contributed by atoms with Crippen molar-refractivity contribution >= 4 is 5.65 Å². The minimum atomic E-state index is -0.0188. The SMILES string of the molecule is COc1ccc(Cc2cn3c(=O)cccc3[nH]2)cc1. The van der Waals surface area contributed by atoms with E-state index >= 15 is 0 Å². The molecule has 0 amide bonds. The average Bonchev–Trinajstić information content (AvgIpc) is 2.84. The summed E-state index contributed by atoms with van der Waals surface area (Å²) in [5.41, 5.74) is 2.97. The van der Waals surface area contributed by atoms with Gasteiger partial charge in [0.05, 0.1) is 7.11 Å². The van der Waals surface area contributed by atoms with E-state index in [1.165, 1.54) is 5.56 Å². The van der Waals surface area contributed by atoms with Crippen LogP contribution in [0.4, 0.5) is 0 Å². The quantitative estimate of drug-likeness (QED) is 0.779. The number of H-pyrrole nitrogens is 1. The molecule has 4 heteroatoms. The number of rotatable bonds is 3. The van der Waals surface area contributed by atoms with Crippen LogP contribution in [0, 0.1) is 0 Å². The number of aromatic nitrogens is 2. The van der Waals surface area contributed by atoms with Crippen LogP contribution in [0.5, 0.6) is 5.75 Å². The molecule has 3 aromatic rings. The van der Waals surface area contributed by atoms with E-state index in [2.05, 4.69) is 4.98 Å². The van der Waals surface area contributed by atoms with Crippen LogP contribution in [-0.4, -0.2) is 16.5 Å². The molecule has 0 radical (unpaired) electrons. The number of hydrogen-bond acceptors (Lipinski definition) is 2. The Labute approximate surface area is 110 Å².